The van der Waals surface area contributed by atoms with Gasteiger partial charge in [0, 0.05) is 24.2 Å². The Morgan fingerprint density at radius 1 is 1.11 bits per heavy atom. The van der Waals surface area contributed by atoms with Crippen LogP contribution in [-0.4, -0.2) is 20.2 Å². The number of amides is 1. The fraction of sp³-hybridized carbons (Fsp3) is 0.263. The lowest BCUT2D eigenvalue weighted by Crippen LogP contribution is -2.30. The van der Waals surface area contributed by atoms with Crippen LogP contribution in [0.25, 0.3) is 5.65 Å². The van der Waals surface area contributed by atoms with Crippen LogP contribution in [0.1, 0.15) is 28.9 Å². The monoisotopic (exact) mass is 393 g/mol. The molecule has 1 aromatic carbocycles. The molecule has 0 saturated carbocycles. The molecule has 0 atom stereocenters. The fourth-order valence-corrected chi connectivity index (χ4v) is 3.62. The van der Waals surface area contributed by atoms with Gasteiger partial charge in [0.2, 0.25) is 5.91 Å². The zero-order valence-electron chi connectivity index (χ0n) is 14.1. The predicted octanol–water partition coefficient (Wildman–Crippen LogP) is 4.48. The number of halogens is 4. The molecular formula is C19H15ClF3N3O. The van der Waals surface area contributed by atoms with Crippen LogP contribution in [0.4, 0.5) is 13.2 Å². The normalized spacial score (nSPS) is 15.1. The molecule has 1 amide bonds. The first-order chi connectivity index (χ1) is 12.8. The minimum Gasteiger partial charge on any atom is -0.332 e. The van der Waals surface area contributed by atoms with Gasteiger partial charge in [-0.15, -0.1) is 0 Å². The van der Waals surface area contributed by atoms with Gasteiger partial charge in [-0.2, -0.15) is 13.2 Å². The smallest absolute Gasteiger partial charge is 0.332 e. The maximum Gasteiger partial charge on any atom is 0.435 e. The van der Waals surface area contributed by atoms with Gasteiger partial charge in [-0.25, -0.2) is 4.98 Å². The van der Waals surface area contributed by atoms with E-state index >= 15 is 0 Å². The minimum absolute atomic E-state index is 0.0381. The van der Waals surface area contributed by atoms with Crippen LogP contribution in [0.2, 0.25) is 5.02 Å². The molecule has 0 spiro atoms. The van der Waals surface area contributed by atoms with E-state index in [1.54, 1.807) is 18.2 Å². The van der Waals surface area contributed by atoms with Crippen LogP contribution in [-0.2, 0) is 30.5 Å². The Morgan fingerprint density at radius 2 is 1.93 bits per heavy atom. The summed E-state index contributed by atoms with van der Waals surface area (Å²) >= 11 is 6.02. The topological polar surface area (TPSA) is 37.6 Å². The molecule has 1 aliphatic rings. The van der Waals surface area contributed by atoms with Gasteiger partial charge in [-0.05, 0) is 41.8 Å². The SMILES string of the molecule is O=C1CCc2cc(Cl)ccc2CN1Cc1c(C(F)(F)F)nc2ccccn12. The third-order valence-electron chi connectivity index (χ3n) is 4.73. The Bertz CT molecular complexity index is 1030. The van der Waals surface area contributed by atoms with Crippen molar-refractivity contribution in [3.63, 3.8) is 0 Å². The Kier molecular flexibility index (Phi) is 4.34. The number of carbonyl (C=O) groups is 1. The molecule has 140 valence electrons. The maximum absolute atomic E-state index is 13.5. The summed E-state index contributed by atoms with van der Waals surface area (Å²) in [6.45, 7) is 0.0730. The van der Waals surface area contributed by atoms with Crippen LogP contribution in [0.3, 0.4) is 0 Å². The maximum atomic E-state index is 13.5. The molecule has 1 aliphatic heterocycles. The summed E-state index contributed by atoms with van der Waals surface area (Å²) < 4.78 is 41.9. The quantitative estimate of drug-likeness (QED) is 0.643. The zero-order valence-corrected chi connectivity index (χ0v) is 14.9. The Hall–Kier alpha value is -2.54. The molecule has 2 aromatic heterocycles. The molecule has 0 saturated heterocycles. The summed E-state index contributed by atoms with van der Waals surface area (Å²) in [7, 11) is 0. The second-order valence-corrected chi connectivity index (χ2v) is 6.93. The number of aryl methyl sites for hydroxylation is 1. The van der Waals surface area contributed by atoms with Gasteiger partial charge in [0.15, 0.2) is 5.69 Å². The van der Waals surface area contributed by atoms with E-state index in [2.05, 4.69) is 4.98 Å². The summed E-state index contributed by atoms with van der Waals surface area (Å²) in [5.74, 6) is -0.193. The van der Waals surface area contributed by atoms with Gasteiger partial charge in [0.1, 0.15) is 5.65 Å². The van der Waals surface area contributed by atoms with Crippen molar-refractivity contribution in [2.75, 3.05) is 0 Å². The third-order valence-corrected chi connectivity index (χ3v) is 4.96. The molecule has 3 heterocycles. The van der Waals surface area contributed by atoms with Gasteiger partial charge in [-0.1, -0.05) is 23.7 Å². The molecule has 3 aromatic rings. The number of pyridine rings is 1. The van der Waals surface area contributed by atoms with Gasteiger partial charge in [-0.3, -0.25) is 4.79 Å². The van der Waals surface area contributed by atoms with E-state index in [-0.39, 0.29) is 36.8 Å². The Morgan fingerprint density at radius 3 is 2.70 bits per heavy atom. The molecule has 4 nitrogen and oxygen atoms in total. The molecule has 0 fully saturated rings. The van der Waals surface area contributed by atoms with Crippen molar-refractivity contribution < 1.29 is 18.0 Å². The van der Waals surface area contributed by atoms with E-state index in [0.29, 0.717) is 11.4 Å². The summed E-state index contributed by atoms with van der Waals surface area (Å²) in [4.78, 5) is 17.8. The van der Waals surface area contributed by atoms with Crippen molar-refractivity contribution >= 4 is 23.2 Å². The van der Waals surface area contributed by atoms with Crippen molar-refractivity contribution in [3.05, 3.63) is 70.1 Å². The van der Waals surface area contributed by atoms with Gasteiger partial charge >= 0.3 is 6.18 Å². The Labute approximate surface area is 158 Å². The lowest BCUT2D eigenvalue weighted by molar-refractivity contribution is -0.143. The second-order valence-electron chi connectivity index (χ2n) is 6.50. The van der Waals surface area contributed by atoms with E-state index in [1.165, 1.54) is 21.6 Å². The zero-order chi connectivity index (χ0) is 19.2. The number of fused-ring (bicyclic) bond motifs is 2. The number of aromatic nitrogens is 2. The average molecular weight is 394 g/mol. The van der Waals surface area contributed by atoms with E-state index < -0.39 is 11.9 Å². The number of nitrogens with zero attached hydrogens (tertiary/aromatic N) is 3. The first-order valence-corrected chi connectivity index (χ1v) is 8.79. The van der Waals surface area contributed by atoms with Crippen molar-refractivity contribution in [3.8, 4) is 0 Å². The van der Waals surface area contributed by atoms with Crippen LogP contribution in [0, 0.1) is 0 Å². The third kappa shape index (κ3) is 3.39. The van der Waals surface area contributed by atoms with E-state index in [1.807, 2.05) is 12.1 Å². The van der Waals surface area contributed by atoms with E-state index in [0.717, 1.165) is 11.1 Å². The van der Waals surface area contributed by atoms with Crippen molar-refractivity contribution in [1.82, 2.24) is 14.3 Å². The lowest BCUT2D eigenvalue weighted by atomic mass is 10.0. The number of hydrogen-bond donors (Lipinski definition) is 0. The van der Waals surface area contributed by atoms with E-state index in [4.69, 9.17) is 11.6 Å². The molecule has 0 radical (unpaired) electrons. The first-order valence-electron chi connectivity index (χ1n) is 8.41. The molecule has 8 heteroatoms. The number of rotatable bonds is 2. The Balaban J connectivity index is 1.75. The average Bonchev–Trinajstić information content (AvgIpc) is 2.92. The number of imidazole rings is 1. The lowest BCUT2D eigenvalue weighted by Gasteiger charge is -2.22. The van der Waals surface area contributed by atoms with Crippen LogP contribution in [0.5, 0.6) is 0 Å². The predicted molar refractivity (Wildman–Crippen MR) is 94.2 cm³/mol. The van der Waals surface area contributed by atoms with Crippen LogP contribution in [0.15, 0.2) is 42.6 Å². The molecule has 0 unspecified atom stereocenters. The molecular weight excluding hydrogens is 379 g/mol. The highest BCUT2D eigenvalue weighted by Crippen LogP contribution is 2.33. The first kappa shape index (κ1) is 17.9. The highest BCUT2D eigenvalue weighted by Gasteiger charge is 2.38. The molecule has 27 heavy (non-hydrogen) atoms. The molecule has 0 N–H and O–H groups in total. The van der Waals surface area contributed by atoms with Gasteiger partial charge in [0.05, 0.1) is 12.2 Å². The molecule has 0 aliphatic carbocycles. The highest BCUT2D eigenvalue weighted by atomic mass is 35.5. The standard InChI is InChI=1S/C19H15ClF3N3O/c20-14-6-4-13-10-25(17(27)7-5-12(13)9-14)11-15-18(19(21,22)23)24-16-3-1-2-8-26(15)16/h1-4,6,8-9H,5,7,10-11H2. The van der Waals surface area contributed by atoms with Crippen LogP contribution >= 0.6 is 11.6 Å². The van der Waals surface area contributed by atoms with E-state index in [9.17, 15) is 18.0 Å². The van der Waals surface area contributed by atoms with Gasteiger partial charge < -0.3 is 9.30 Å². The van der Waals surface area contributed by atoms with Crippen molar-refractivity contribution in [2.45, 2.75) is 32.1 Å². The van der Waals surface area contributed by atoms with Crippen LogP contribution < -0.4 is 0 Å². The number of alkyl halides is 3. The number of hydrogen-bond acceptors (Lipinski definition) is 2. The number of benzene rings is 1. The molecule has 4 rings (SSSR count). The van der Waals surface area contributed by atoms with Gasteiger partial charge in [0.25, 0.3) is 0 Å². The molecule has 0 bridgehead atoms. The van der Waals surface area contributed by atoms with Crippen molar-refractivity contribution in [1.29, 1.82) is 0 Å². The summed E-state index contributed by atoms with van der Waals surface area (Å²) in [5.41, 5.74) is 1.06. The minimum atomic E-state index is -4.60. The highest BCUT2D eigenvalue weighted by molar-refractivity contribution is 6.30. The summed E-state index contributed by atoms with van der Waals surface area (Å²) in [6, 6.07) is 10.1. The summed E-state index contributed by atoms with van der Waals surface area (Å²) in [5, 5.41) is 0.579. The largest absolute Gasteiger partial charge is 0.435 e. The number of carbonyl (C=O) groups excluding carboxylic acids is 1. The second kappa shape index (κ2) is 6.56. The van der Waals surface area contributed by atoms with Crippen molar-refractivity contribution in [2.24, 2.45) is 0 Å². The summed E-state index contributed by atoms with van der Waals surface area (Å²) in [6.07, 6.45) is -2.32. The fourth-order valence-electron chi connectivity index (χ4n) is 3.42.